The number of hydrogen-bond donors (Lipinski definition) is 4. The molecule has 0 spiro atoms. The second-order valence-corrected chi connectivity index (χ2v) is 6.49. The van der Waals surface area contributed by atoms with Crippen LogP contribution in [0.5, 0.6) is 0 Å². The summed E-state index contributed by atoms with van der Waals surface area (Å²) in [6.45, 7) is 4.62. The van der Waals surface area contributed by atoms with Crippen LogP contribution < -0.4 is 11.1 Å². The third-order valence-corrected chi connectivity index (χ3v) is 4.37. The molecule has 140 valence electrons. The van der Waals surface area contributed by atoms with Gasteiger partial charge in [0.05, 0.1) is 23.7 Å². The molecule has 1 aliphatic rings. The second-order valence-electron chi connectivity index (χ2n) is 6.49. The Morgan fingerprint density at radius 2 is 2.27 bits per heavy atom. The Balaban J connectivity index is 2.06. The fraction of sp³-hybridized carbons (Fsp3) is 0.471. The van der Waals surface area contributed by atoms with Gasteiger partial charge in [0.1, 0.15) is 24.0 Å². The minimum atomic E-state index is -0.268. The van der Waals surface area contributed by atoms with Crippen LogP contribution in [0.1, 0.15) is 38.5 Å². The van der Waals surface area contributed by atoms with E-state index in [-0.39, 0.29) is 24.8 Å². The van der Waals surface area contributed by atoms with Crippen molar-refractivity contribution in [1.29, 1.82) is 0 Å². The normalized spacial score (nSPS) is 20.5. The highest BCUT2D eigenvalue weighted by Gasteiger charge is 2.29. The van der Waals surface area contributed by atoms with Crippen molar-refractivity contribution in [2.75, 3.05) is 18.5 Å². The van der Waals surface area contributed by atoms with Crippen molar-refractivity contribution in [2.24, 2.45) is 10.9 Å². The predicted octanol–water partition coefficient (Wildman–Crippen LogP) is 1.57. The summed E-state index contributed by atoms with van der Waals surface area (Å²) in [5, 5.41) is 25.5. The molecule has 0 aromatic carbocycles. The molecule has 5 N–H and O–H groups in total. The van der Waals surface area contributed by atoms with Gasteiger partial charge < -0.3 is 30.7 Å². The molecule has 0 radical (unpaired) electrons. The lowest BCUT2D eigenvalue weighted by Gasteiger charge is -2.14. The van der Waals surface area contributed by atoms with Crippen LogP contribution >= 0.6 is 0 Å². The molecule has 0 bridgehead atoms. The van der Waals surface area contributed by atoms with Gasteiger partial charge in [-0.25, -0.2) is 9.97 Å². The Kier molecular flexibility index (Phi) is 5.38. The van der Waals surface area contributed by atoms with Crippen LogP contribution in [0.3, 0.4) is 0 Å². The van der Waals surface area contributed by atoms with Gasteiger partial charge in [0.15, 0.2) is 5.84 Å². The number of anilines is 1. The molecule has 3 heterocycles. The van der Waals surface area contributed by atoms with E-state index in [1.807, 2.05) is 24.5 Å². The van der Waals surface area contributed by atoms with E-state index in [9.17, 15) is 5.11 Å². The zero-order chi connectivity index (χ0) is 18.7. The molecule has 9 nitrogen and oxygen atoms in total. The fourth-order valence-electron chi connectivity index (χ4n) is 3.06. The van der Waals surface area contributed by atoms with Gasteiger partial charge in [-0.2, -0.15) is 0 Å². The van der Waals surface area contributed by atoms with Gasteiger partial charge in [-0.05, 0) is 26.7 Å². The van der Waals surface area contributed by atoms with Crippen molar-refractivity contribution in [3.63, 3.8) is 0 Å². The van der Waals surface area contributed by atoms with E-state index in [4.69, 9.17) is 15.7 Å². The number of oxime groups is 1. The monoisotopic (exact) mass is 360 g/mol. The molecule has 0 aliphatic carbocycles. The van der Waals surface area contributed by atoms with Gasteiger partial charge in [0, 0.05) is 12.7 Å². The highest BCUT2D eigenvalue weighted by molar-refractivity contribution is 6.11. The number of nitrogens with one attached hydrogen (secondary N) is 1. The second kappa shape index (κ2) is 7.71. The molecule has 2 atom stereocenters. The first kappa shape index (κ1) is 18.2. The average molecular weight is 360 g/mol. The van der Waals surface area contributed by atoms with E-state index in [0.717, 1.165) is 12.8 Å². The van der Waals surface area contributed by atoms with E-state index < -0.39 is 0 Å². The number of nitrogens with two attached hydrogens (primary N) is 1. The minimum Gasteiger partial charge on any atom is -0.409 e. The smallest absolute Gasteiger partial charge is 0.172 e. The molecule has 0 saturated carbocycles. The number of fused-ring (bicyclic) bond motifs is 1. The summed E-state index contributed by atoms with van der Waals surface area (Å²) in [5.41, 5.74) is 8.22. The Bertz CT molecular complexity index is 840. The minimum absolute atomic E-state index is 0.0205. The molecule has 0 amide bonds. The van der Waals surface area contributed by atoms with Crippen LogP contribution in [0, 0.1) is 0 Å². The standard InChI is InChI=1S/C17H24N6O3/c1-10(2)5-6-19-16-14-12(15(18)22-25)7-23(17(14)21-9-20-16)13-4-3-11(8-24)26-13/h5,7,9,11,13,24-25H,3-4,6,8H2,1-2H3,(H2,18,22)(H,19,20,21). The van der Waals surface area contributed by atoms with Gasteiger partial charge in [0.25, 0.3) is 0 Å². The summed E-state index contributed by atoms with van der Waals surface area (Å²) in [5.74, 6) is 0.579. The number of nitrogens with zero attached hydrogens (tertiary/aromatic N) is 4. The summed E-state index contributed by atoms with van der Waals surface area (Å²) in [6, 6.07) is 0. The lowest BCUT2D eigenvalue weighted by atomic mass is 10.2. The van der Waals surface area contributed by atoms with Crippen LogP contribution in [0.4, 0.5) is 5.82 Å². The first-order chi connectivity index (χ1) is 12.5. The van der Waals surface area contributed by atoms with Gasteiger partial charge >= 0.3 is 0 Å². The van der Waals surface area contributed by atoms with Crippen LogP contribution in [0.25, 0.3) is 11.0 Å². The number of aromatic nitrogens is 3. The predicted molar refractivity (Wildman–Crippen MR) is 98.2 cm³/mol. The lowest BCUT2D eigenvalue weighted by Crippen LogP contribution is -2.15. The molecule has 2 unspecified atom stereocenters. The third-order valence-electron chi connectivity index (χ3n) is 4.37. The highest BCUT2D eigenvalue weighted by Crippen LogP contribution is 2.34. The number of hydrogen-bond acceptors (Lipinski definition) is 7. The molecule has 1 fully saturated rings. The molecular weight excluding hydrogens is 336 g/mol. The molecule has 3 rings (SSSR count). The maximum Gasteiger partial charge on any atom is 0.172 e. The number of allylic oxidation sites excluding steroid dienone is 1. The maximum absolute atomic E-state index is 9.31. The number of rotatable bonds is 6. The van der Waals surface area contributed by atoms with E-state index >= 15 is 0 Å². The van der Waals surface area contributed by atoms with Crippen LogP contribution in [-0.2, 0) is 4.74 Å². The molecule has 2 aromatic heterocycles. The van der Waals surface area contributed by atoms with E-state index in [1.54, 1.807) is 6.20 Å². The zero-order valence-electron chi connectivity index (χ0n) is 14.9. The summed E-state index contributed by atoms with van der Waals surface area (Å²) in [4.78, 5) is 8.69. The average Bonchev–Trinajstić information content (AvgIpc) is 3.25. The molecule has 9 heteroatoms. The topological polar surface area (TPSA) is 131 Å². The molecule has 1 saturated heterocycles. The molecule has 2 aromatic rings. The number of amidine groups is 1. The van der Waals surface area contributed by atoms with Crippen LogP contribution in [-0.4, -0.2) is 49.9 Å². The number of aliphatic hydroxyl groups excluding tert-OH is 1. The summed E-state index contributed by atoms with van der Waals surface area (Å²) in [7, 11) is 0. The first-order valence-corrected chi connectivity index (χ1v) is 8.52. The SMILES string of the molecule is CC(C)=CCNc1ncnc2c1c(/C(N)=N\O)cn2C1CCC(CO)O1. The van der Waals surface area contributed by atoms with Crippen molar-refractivity contribution in [2.45, 2.75) is 39.0 Å². The van der Waals surface area contributed by atoms with Crippen molar-refractivity contribution in [3.8, 4) is 0 Å². The fourth-order valence-corrected chi connectivity index (χ4v) is 3.06. The van der Waals surface area contributed by atoms with E-state index in [0.29, 0.717) is 29.0 Å². The van der Waals surface area contributed by atoms with Gasteiger partial charge in [-0.3, -0.25) is 0 Å². The van der Waals surface area contributed by atoms with E-state index in [1.165, 1.54) is 11.9 Å². The van der Waals surface area contributed by atoms with Crippen molar-refractivity contribution in [1.82, 2.24) is 14.5 Å². The van der Waals surface area contributed by atoms with Gasteiger partial charge in [0.2, 0.25) is 0 Å². The van der Waals surface area contributed by atoms with Crippen LogP contribution in [0.15, 0.2) is 29.3 Å². The van der Waals surface area contributed by atoms with E-state index in [2.05, 4.69) is 20.4 Å². The largest absolute Gasteiger partial charge is 0.409 e. The van der Waals surface area contributed by atoms with Gasteiger partial charge in [-0.1, -0.05) is 16.8 Å². The number of ether oxygens (including phenoxy) is 1. The Labute approximate surface area is 151 Å². The summed E-state index contributed by atoms with van der Waals surface area (Å²) >= 11 is 0. The molecule has 26 heavy (non-hydrogen) atoms. The third kappa shape index (κ3) is 3.49. The van der Waals surface area contributed by atoms with Crippen molar-refractivity contribution >= 4 is 22.7 Å². The first-order valence-electron chi connectivity index (χ1n) is 8.52. The quantitative estimate of drug-likeness (QED) is 0.202. The van der Waals surface area contributed by atoms with Crippen molar-refractivity contribution < 1.29 is 15.1 Å². The molecule has 1 aliphatic heterocycles. The Morgan fingerprint density at radius 1 is 1.46 bits per heavy atom. The van der Waals surface area contributed by atoms with Gasteiger partial charge in [-0.15, -0.1) is 0 Å². The highest BCUT2D eigenvalue weighted by atomic mass is 16.5. The zero-order valence-corrected chi connectivity index (χ0v) is 14.9. The maximum atomic E-state index is 9.31. The van der Waals surface area contributed by atoms with Crippen LogP contribution in [0.2, 0.25) is 0 Å². The summed E-state index contributed by atoms with van der Waals surface area (Å²) in [6.07, 6.45) is 6.31. The molecular formula is C17H24N6O3. The Morgan fingerprint density at radius 3 is 2.92 bits per heavy atom. The van der Waals surface area contributed by atoms with Crippen molar-refractivity contribution in [3.05, 3.63) is 29.7 Å². The Hall–Kier alpha value is -2.65. The lowest BCUT2D eigenvalue weighted by molar-refractivity contribution is -0.0204. The summed E-state index contributed by atoms with van der Waals surface area (Å²) < 4.78 is 7.72. The number of aliphatic hydroxyl groups is 1.